The summed E-state index contributed by atoms with van der Waals surface area (Å²) >= 11 is 6.45. The van der Waals surface area contributed by atoms with Crippen LogP contribution in [0.25, 0.3) is 0 Å². The Morgan fingerprint density at radius 2 is 1.90 bits per heavy atom. The molecule has 1 amide bonds. The van der Waals surface area contributed by atoms with Crippen molar-refractivity contribution in [2.75, 3.05) is 4.90 Å². The zero-order valence-electron chi connectivity index (χ0n) is 22.5. The summed E-state index contributed by atoms with van der Waals surface area (Å²) in [6.07, 6.45) is 6.38. The number of nitrogens with zero attached hydrogens (tertiary/aromatic N) is 3. The van der Waals surface area contributed by atoms with E-state index in [2.05, 4.69) is 9.71 Å². The van der Waals surface area contributed by atoms with Crippen LogP contribution in [-0.2, 0) is 34.8 Å². The van der Waals surface area contributed by atoms with Crippen LogP contribution in [0.4, 0.5) is 10.1 Å². The molecule has 1 fully saturated rings. The molecular formula is C31H30ClFN4O3S. The van der Waals surface area contributed by atoms with Gasteiger partial charge in [0.15, 0.2) is 0 Å². The van der Waals surface area contributed by atoms with Crippen LogP contribution in [0.15, 0.2) is 84.0 Å². The zero-order chi connectivity index (χ0) is 28.7. The molecule has 3 unspecified atom stereocenters. The predicted octanol–water partition coefficient (Wildman–Crippen LogP) is 5.91. The average Bonchev–Trinajstić information content (AvgIpc) is 3.65. The molecule has 1 saturated carbocycles. The topological polar surface area (TPSA) is 84.3 Å². The van der Waals surface area contributed by atoms with Crippen LogP contribution in [0.2, 0.25) is 5.02 Å². The summed E-state index contributed by atoms with van der Waals surface area (Å²) in [5.74, 6) is -0.284. The van der Waals surface area contributed by atoms with Crippen molar-refractivity contribution in [3.05, 3.63) is 112 Å². The number of anilines is 1. The van der Waals surface area contributed by atoms with Crippen LogP contribution in [0.3, 0.4) is 0 Å². The molecule has 0 aliphatic heterocycles. The van der Waals surface area contributed by atoms with Crippen LogP contribution in [-0.4, -0.2) is 23.9 Å². The standard InChI is InChI=1S/C31H30ClFN4O3S/c1-36-16-15-34-30(36)19-37(31(38)25-18-24(25)22-8-2-3-9-26(22)32)21-14-13-20-7-6-11-28(23(20)17-21)35-41(39,40)29-12-5-4-10-27(29)33/h2-5,8-10,12-17,24-25,28,35H,6-7,11,18-19H2,1H3. The summed E-state index contributed by atoms with van der Waals surface area (Å²) in [5.41, 5.74) is 3.44. The maximum absolute atomic E-state index is 14.4. The number of amides is 1. The van der Waals surface area contributed by atoms with Gasteiger partial charge in [-0.3, -0.25) is 4.79 Å². The van der Waals surface area contributed by atoms with E-state index in [1.165, 1.54) is 18.2 Å². The SMILES string of the molecule is Cn1ccnc1CN(C(=O)C1CC1c1ccccc1Cl)c1ccc2c(c1)C(NS(=O)(=O)c1ccccc1F)CCC2. The maximum atomic E-state index is 14.4. The number of halogens is 2. The van der Waals surface area contributed by atoms with E-state index in [0.717, 1.165) is 41.4 Å². The number of imidazole rings is 1. The molecule has 41 heavy (non-hydrogen) atoms. The smallest absolute Gasteiger partial charge is 0.244 e. The number of benzene rings is 3. The van der Waals surface area contributed by atoms with Crippen molar-refractivity contribution in [3.63, 3.8) is 0 Å². The largest absolute Gasteiger partial charge is 0.337 e. The molecule has 0 spiro atoms. The number of nitrogens with one attached hydrogen (secondary N) is 1. The molecule has 2 aliphatic carbocycles. The summed E-state index contributed by atoms with van der Waals surface area (Å²) in [4.78, 5) is 19.8. The van der Waals surface area contributed by atoms with Crippen molar-refractivity contribution >= 4 is 33.2 Å². The van der Waals surface area contributed by atoms with Gasteiger partial charge in [-0.1, -0.05) is 48.0 Å². The molecular weight excluding hydrogens is 563 g/mol. The highest BCUT2D eigenvalue weighted by atomic mass is 35.5. The Labute approximate surface area is 244 Å². The summed E-state index contributed by atoms with van der Waals surface area (Å²) in [5, 5.41) is 0.655. The lowest BCUT2D eigenvalue weighted by Crippen LogP contribution is -2.34. The summed E-state index contributed by atoms with van der Waals surface area (Å²) in [7, 11) is -2.22. The van der Waals surface area contributed by atoms with Crippen molar-refractivity contribution in [3.8, 4) is 0 Å². The van der Waals surface area contributed by atoms with Gasteiger partial charge >= 0.3 is 0 Å². The molecule has 4 aromatic rings. The fraction of sp³-hybridized carbons (Fsp3) is 0.290. The van der Waals surface area contributed by atoms with Crippen LogP contribution >= 0.6 is 11.6 Å². The number of carbonyl (C=O) groups is 1. The normalized spacial score (nSPS) is 19.9. The van der Waals surface area contributed by atoms with Gasteiger partial charge in [-0.2, -0.15) is 0 Å². The van der Waals surface area contributed by atoms with Gasteiger partial charge in [-0.05, 0) is 78.6 Å². The van der Waals surface area contributed by atoms with E-state index >= 15 is 0 Å². The molecule has 7 nitrogen and oxygen atoms in total. The molecule has 0 radical (unpaired) electrons. The Kier molecular flexibility index (Phi) is 7.44. The zero-order valence-corrected chi connectivity index (χ0v) is 24.1. The Hall–Kier alpha value is -3.53. The number of fused-ring (bicyclic) bond motifs is 1. The molecule has 1 aromatic heterocycles. The van der Waals surface area contributed by atoms with Crippen molar-refractivity contribution < 1.29 is 17.6 Å². The number of hydrogen-bond acceptors (Lipinski definition) is 4. The van der Waals surface area contributed by atoms with Crippen LogP contribution < -0.4 is 9.62 Å². The number of sulfonamides is 1. The fourth-order valence-corrected chi connectivity index (χ4v) is 7.37. The first-order valence-corrected chi connectivity index (χ1v) is 15.5. The van der Waals surface area contributed by atoms with Gasteiger partial charge in [0, 0.05) is 42.1 Å². The molecule has 1 N–H and O–H groups in total. The lowest BCUT2D eigenvalue weighted by Gasteiger charge is -2.29. The number of hydrogen-bond donors (Lipinski definition) is 1. The summed E-state index contributed by atoms with van der Waals surface area (Å²) < 4.78 is 45.3. The van der Waals surface area contributed by atoms with E-state index in [9.17, 15) is 17.6 Å². The van der Waals surface area contributed by atoms with E-state index in [-0.39, 0.29) is 29.2 Å². The second-order valence-corrected chi connectivity index (χ2v) is 12.8. The Morgan fingerprint density at radius 3 is 2.66 bits per heavy atom. The van der Waals surface area contributed by atoms with Gasteiger partial charge in [0.05, 0.1) is 6.54 Å². The number of rotatable bonds is 8. The fourth-order valence-electron chi connectivity index (χ4n) is 5.76. The molecule has 1 heterocycles. The van der Waals surface area contributed by atoms with Gasteiger partial charge in [0.1, 0.15) is 16.5 Å². The van der Waals surface area contributed by atoms with E-state index in [1.807, 2.05) is 60.3 Å². The van der Waals surface area contributed by atoms with Crippen LogP contribution in [0, 0.1) is 11.7 Å². The molecule has 6 rings (SSSR count). The highest BCUT2D eigenvalue weighted by Gasteiger charge is 2.47. The second-order valence-electron chi connectivity index (χ2n) is 10.7. The number of carbonyl (C=O) groups excluding carboxylic acids is 1. The molecule has 0 bridgehead atoms. The number of aryl methyl sites for hydroxylation is 2. The van der Waals surface area contributed by atoms with Crippen molar-refractivity contribution in [2.45, 2.75) is 49.1 Å². The van der Waals surface area contributed by atoms with E-state index < -0.39 is 21.9 Å². The van der Waals surface area contributed by atoms with Crippen molar-refractivity contribution in [2.24, 2.45) is 13.0 Å². The number of aromatic nitrogens is 2. The van der Waals surface area contributed by atoms with E-state index in [0.29, 0.717) is 23.6 Å². The first-order valence-electron chi connectivity index (χ1n) is 13.6. The highest BCUT2D eigenvalue weighted by molar-refractivity contribution is 7.89. The van der Waals surface area contributed by atoms with Crippen LogP contribution in [0.1, 0.15) is 53.7 Å². The van der Waals surface area contributed by atoms with Gasteiger partial charge in [-0.15, -0.1) is 0 Å². The van der Waals surface area contributed by atoms with E-state index in [4.69, 9.17) is 11.6 Å². The van der Waals surface area contributed by atoms with Gasteiger partial charge in [0.25, 0.3) is 0 Å². The van der Waals surface area contributed by atoms with Gasteiger partial charge < -0.3 is 9.47 Å². The summed E-state index contributed by atoms with van der Waals surface area (Å²) in [6.45, 7) is 0.262. The third-order valence-electron chi connectivity index (χ3n) is 8.08. The third-order valence-corrected chi connectivity index (χ3v) is 9.93. The minimum Gasteiger partial charge on any atom is -0.337 e. The third kappa shape index (κ3) is 5.54. The predicted molar refractivity (Wildman–Crippen MR) is 156 cm³/mol. The molecule has 3 aromatic carbocycles. The molecule has 2 aliphatic rings. The Bertz CT molecular complexity index is 1720. The van der Waals surface area contributed by atoms with Gasteiger partial charge in [0.2, 0.25) is 15.9 Å². The molecule has 0 saturated heterocycles. The highest BCUT2D eigenvalue weighted by Crippen LogP contribution is 2.51. The average molecular weight is 593 g/mol. The lowest BCUT2D eigenvalue weighted by molar-refractivity contribution is -0.120. The summed E-state index contributed by atoms with van der Waals surface area (Å²) in [6, 6.07) is 18.2. The van der Waals surface area contributed by atoms with Crippen molar-refractivity contribution in [1.29, 1.82) is 0 Å². The molecule has 212 valence electrons. The maximum Gasteiger partial charge on any atom is 0.244 e. The molecule has 10 heteroatoms. The van der Waals surface area contributed by atoms with Gasteiger partial charge in [-0.25, -0.2) is 22.5 Å². The van der Waals surface area contributed by atoms with Crippen LogP contribution in [0.5, 0.6) is 0 Å². The Balaban J connectivity index is 1.33. The first kappa shape index (κ1) is 27.6. The first-order chi connectivity index (χ1) is 19.7. The van der Waals surface area contributed by atoms with Crippen molar-refractivity contribution in [1.82, 2.24) is 14.3 Å². The lowest BCUT2D eigenvalue weighted by atomic mass is 9.87. The quantitative estimate of drug-likeness (QED) is 0.276. The monoisotopic (exact) mass is 592 g/mol. The molecule has 3 atom stereocenters. The second kappa shape index (κ2) is 11.0. The Morgan fingerprint density at radius 1 is 1.12 bits per heavy atom. The minimum absolute atomic E-state index is 0.0304. The minimum atomic E-state index is -4.11. The van der Waals surface area contributed by atoms with E-state index in [1.54, 1.807) is 11.1 Å².